The number of hydrogen-bond acceptors (Lipinski definition) is 6. The molecule has 0 saturated heterocycles. The van der Waals surface area contributed by atoms with Crippen LogP contribution in [0.5, 0.6) is 17.2 Å². The number of benzene rings is 5. The molecule has 1 N–H and O–H groups in total. The molecule has 0 aliphatic heterocycles. The average molecular weight is 664 g/mol. The van der Waals surface area contributed by atoms with Crippen LogP contribution in [0.25, 0.3) is 0 Å². The molecule has 0 heterocycles. The third-order valence-electron chi connectivity index (χ3n) is 7.72. The van der Waals surface area contributed by atoms with Crippen molar-refractivity contribution in [2.75, 3.05) is 25.0 Å². The Balaban J connectivity index is 1.54. The number of amides is 2. The molecule has 5 aromatic rings. The lowest BCUT2D eigenvalue weighted by Crippen LogP contribution is -2.53. The van der Waals surface area contributed by atoms with E-state index in [1.807, 2.05) is 66.7 Å². The average Bonchev–Trinajstić information content (AvgIpc) is 3.13. The van der Waals surface area contributed by atoms with Crippen LogP contribution >= 0.6 is 0 Å². The Morgan fingerprint density at radius 3 is 1.90 bits per heavy atom. The number of para-hydroxylation sites is 1. The van der Waals surface area contributed by atoms with Gasteiger partial charge in [-0.15, -0.1) is 0 Å². The van der Waals surface area contributed by atoms with Gasteiger partial charge in [0.25, 0.3) is 10.0 Å². The molecule has 48 heavy (non-hydrogen) atoms. The number of ether oxygens (including phenoxy) is 2. The van der Waals surface area contributed by atoms with Gasteiger partial charge in [-0.05, 0) is 71.8 Å². The number of sulfonamides is 1. The van der Waals surface area contributed by atoms with Gasteiger partial charge in [0.05, 0.1) is 17.7 Å². The van der Waals surface area contributed by atoms with Crippen molar-refractivity contribution >= 4 is 27.5 Å². The van der Waals surface area contributed by atoms with Gasteiger partial charge in [0.2, 0.25) is 11.8 Å². The van der Waals surface area contributed by atoms with Gasteiger partial charge in [-0.1, -0.05) is 78.9 Å². The Morgan fingerprint density at radius 1 is 0.708 bits per heavy atom. The van der Waals surface area contributed by atoms with Crippen LogP contribution < -0.4 is 19.1 Å². The van der Waals surface area contributed by atoms with E-state index in [0.29, 0.717) is 22.8 Å². The molecule has 0 fully saturated rings. The van der Waals surface area contributed by atoms with Crippen molar-refractivity contribution in [3.8, 4) is 17.2 Å². The van der Waals surface area contributed by atoms with Gasteiger partial charge < -0.3 is 19.7 Å². The lowest BCUT2D eigenvalue weighted by molar-refractivity contribution is -0.139. The van der Waals surface area contributed by atoms with Crippen molar-refractivity contribution in [1.82, 2.24) is 10.2 Å². The zero-order valence-electron chi connectivity index (χ0n) is 26.7. The molecule has 9 nitrogen and oxygen atoms in total. The predicted molar refractivity (Wildman–Crippen MR) is 185 cm³/mol. The highest BCUT2D eigenvalue weighted by molar-refractivity contribution is 7.92. The maximum atomic E-state index is 14.5. The number of rotatable bonds is 14. The van der Waals surface area contributed by atoms with Gasteiger partial charge in [0.15, 0.2) is 0 Å². The monoisotopic (exact) mass is 663 g/mol. The molecule has 1 atom stereocenters. The molecule has 0 spiro atoms. The van der Waals surface area contributed by atoms with Crippen molar-refractivity contribution in [2.45, 2.75) is 23.9 Å². The van der Waals surface area contributed by atoms with Gasteiger partial charge in [0.1, 0.15) is 29.8 Å². The van der Waals surface area contributed by atoms with E-state index in [9.17, 15) is 18.0 Å². The molecule has 10 heteroatoms. The van der Waals surface area contributed by atoms with E-state index < -0.39 is 28.5 Å². The molecular weight excluding hydrogens is 627 g/mol. The molecule has 5 rings (SSSR count). The molecule has 0 saturated carbocycles. The summed E-state index contributed by atoms with van der Waals surface area (Å²) in [7, 11) is -1.16. The normalized spacial score (nSPS) is 11.6. The molecule has 0 radical (unpaired) electrons. The van der Waals surface area contributed by atoms with Gasteiger partial charge in [-0.3, -0.25) is 13.9 Å². The van der Waals surface area contributed by atoms with E-state index in [-0.39, 0.29) is 29.5 Å². The Labute approximate surface area is 281 Å². The molecule has 0 aromatic heterocycles. The molecule has 0 bridgehead atoms. The van der Waals surface area contributed by atoms with Crippen LogP contribution in [-0.2, 0) is 32.6 Å². The molecule has 5 aromatic carbocycles. The van der Waals surface area contributed by atoms with Crippen LogP contribution in [0, 0.1) is 0 Å². The van der Waals surface area contributed by atoms with Gasteiger partial charge >= 0.3 is 0 Å². The van der Waals surface area contributed by atoms with Crippen LogP contribution in [0.1, 0.15) is 11.1 Å². The topological polar surface area (TPSA) is 105 Å². The lowest BCUT2D eigenvalue weighted by atomic mass is 10.0. The number of nitrogens with one attached hydrogen (secondary N) is 1. The van der Waals surface area contributed by atoms with Crippen LogP contribution in [0.4, 0.5) is 5.69 Å². The highest BCUT2D eigenvalue weighted by atomic mass is 32.2. The summed E-state index contributed by atoms with van der Waals surface area (Å²) in [5.41, 5.74) is 1.82. The summed E-state index contributed by atoms with van der Waals surface area (Å²) >= 11 is 0. The first-order chi connectivity index (χ1) is 23.3. The standard InChI is InChI=1S/C38H37N3O6S/c1-39-38(43)36(26-29-13-6-3-7-14-29)40(27-30-15-12-18-34(25-30)46-2)37(42)28-41(48(44,45)35-19-10-5-11-20-35)31-21-23-33(24-22-31)47-32-16-8-4-9-17-32/h3-25,36H,26-28H2,1-2H3,(H,39,43). The first-order valence-corrected chi connectivity index (χ1v) is 16.8. The zero-order chi connectivity index (χ0) is 33.9. The Morgan fingerprint density at radius 2 is 1.27 bits per heavy atom. The largest absolute Gasteiger partial charge is 0.497 e. The second-order valence-corrected chi connectivity index (χ2v) is 12.8. The van der Waals surface area contributed by atoms with E-state index in [1.54, 1.807) is 67.8 Å². The first-order valence-electron chi connectivity index (χ1n) is 15.4. The van der Waals surface area contributed by atoms with E-state index in [0.717, 1.165) is 9.87 Å². The minimum atomic E-state index is -4.22. The Kier molecular flexibility index (Phi) is 11.1. The second-order valence-electron chi connectivity index (χ2n) is 10.9. The van der Waals surface area contributed by atoms with Gasteiger partial charge in [-0.25, -0.2) is 8.42 Å². The quantitative estimate of drug-likeness (QED) is 0.155. The summed E-state index contributed by atoms with van der Waals surface area (Å²) in [5.74, 6) is 0.767. The third-order valence-corrected chi connectivity index (χ3v) is 9.51. The predicted octanol–water partition coefficient (Wildman–Crippen LogP) is 6.07. The SMILES string of the molecule is CNC(=O)C(Cc1ccccc1)N(Cc1cccc(OC)c1)C(=O)CN(c1ccc(Oc2ccccc2)cc1)S(=O)(=O)c1ccccc1. The minimum absolute atomic E-state index is 0.0221. The summed E-state index contributed by atoms with van der Waals surface area (Å²) in [5, 5.41) is 2.69. The smallest absolute Gasteiger partial charge is 0.264 e. The fourth-order valence-electron chi connectivity index (χ4n) is 5.24. The Bertz CT molecular complexity index is 1910. The number of carbonyl (C=O) groups is 2. The number of carbonyl (C=O) groups excluding carboxylic acids is 2. The van der Waals surface area contributed by atoms with Crippen molar-refractivity contribution in [3.05, 3.63) is 151 Å². The highest BCUT2D eigenvalue weighted by Crippen LogP contribution is 2.29. The third kappa shape index (κ3) is 8.40. The summed E-state index contributed by atoms with van der Waals surface area (Å²) in [4.78, 5) is 29.4. The molecule has 1 unspecified atom stereocenters. The number of hydrogen-bond donors (Lipinski definition) is 1. The maximum absolute atomic E-state index is 14.5. The van der Waals surface area contributed by atoms with Crippen molar-refractivity contribution in [3.63, 3.8) is 0 Å². The highest BCUT2D eigenvalue weighted by Gasteiger charge is 2.34. The number of nitrogens with zero attached hydrogens (tertiary/aromatic N) is 2. The fourth-order valence-corrected chi connectivity index (χ4v) is 6.68. The van der Waals surface area contributed by atoms with Crippen LogP contribution in [-0.4, -0.2) is 51.9 Å². The Hall–Kier alpha value is -5.61. The zero-order valence-corrected chi connectivity index (χ0v) is 27.5. The molecular formula is C38H37N3O6S. The van der Waals surface area contributed by atoms with E-state index in [4.69, 9.17) is 9.47 Å². The first kappa shape index (κ1) is 33.7. The molecule has 246 valence electrons. The van der Waals surface area contributed by atoms with E-state index in [1.165, 1.54) is 24.1 Å². The second kappa shape index (κ2) is 15.8. The van der Waals surface area contributed by atoms with Crippen LogP contribution in [0.15, 0.2) is 144 Å². The number of methoxy groups -OCH3 is 1. The van der Waals surface area contributed by atoms with Crippen LogP contribution in [0.3, 0.4) is 0 Å². The minimum Gasteiger partial charge on any atom is -0.497 e. The molecule has 2 amide bonds. The number of anilines is 1. The maximum Gasteiger partial charge on any atom is 0.264 e. The number of likely N-dealkylation sites (N-methyl/N-ethyl adjacent to an activating group) is 1. The lowest BCUT2D eigenvalue weighted by Gasteiger charge is -2.33. The summed E-state index contributed by atoms with van der Waals surface area (Å²) in [6.45, 7) is -0.535. The van der Waals surface area contributed by atoms with Crippen LogP contribution in [0.2, 0.25) is 0 Å². The van der Waals surface area contributed by atoms with E-state index in [2.05, 4.69) is 5.32 Å². The van der Waals surface area contributed by atoms with Gasteiger partial charge in [0, 0.05) is 20.0 Å². The molecule has 0 aliphatic rings. The van der Waals surface area contributed by atoms with Crippen molar-refractivity contribution in [2.24, 2.45) is 0 Å². The summed E-state index contributed by atoms with van der Waals surface area (Å²) in [6.07, 6.45) is 0.215. The van der Waals surface area contributed by atoms with Crippen molar-refractivity contribution < 1.29 is 27.5 Å². The van der Waals surface area contributed by atoms with E-state index >= 15 is 0 Å². The van der Waals surface area contributed by atoms with Crippen molar-refractivity contribution in [1.29, 1.82) is 0 Å². The summed E-state index contributed by atoms with van der Waals surface area (Å²) < 4.78 is 40.8. The molecule has 0 aliphatic carbocycles. The van der Waals surface area contributed by atoms with Gasteiger partial charge in [-0.2, -0.15) is 0 Å². The fraction of sp³-hybridized carbons (Fsp3) is 0.158. The summed E-state index contributed by atoms with van der Waals surface area (Å²) in [6, 6.07) is 39.3.